The first kappa shape index (κ1) is 8.31. The highest BCUT2D eigenvalue weighted by molar-refractivity contribution is 7.93. The number of carboxylic acids is 1. The van der Waals surface area contributed by atoms with E-state index in [1.54, 1.807) is 0 Å². The first-order valence-corrected chi connectivity index (χ1v) is 5.20. The van der Waals surface area contributed by atoms with Crippen LogP contribution in [0.1, 0.15) is 5.56 Å². The first-order valence-electron chi connectivity index (χ1n) is 3.66. The summed E-state index contributed by atoms with van der Waals surface area (Å²) in [5, 5.41) is 7.35. The zero-order chi connectivity index (χ0) is 9.64. The molecule has 2 N–H and O–H groups in total. The Balaban J connectivity index is 2.59. The molecule has 0 spiro atoms. The number of carbonyl (C=O) groups is 1. The van der Waals surface area contributed by atoms with Gasteiger partial charge in [-0.15, -0.1) is 0 Å². The molecule has 1 atom stereocenters. The molecule has 1 aromatic rings. The lowest BCUT2D eigenvalue weighted by Gasteiger charge is -2.01. The summed E-state index contributed by atoms with van der Waals surface area (Å²) in [5.41, 5.74) is 0.562. The molecule has 1 aliphatic heterocycles. The number of nitrogens with one attached hydrogen (secondary N) is 1. The minimum atomic E-state index is -3.63. The van der Waals surface area contributed by atoms with Gasteiger partial charge in [-0.1, -0.05) is 0 Å². The third-order valence-electron chi connectivity index (χ3n) is 2.15. The molecule has 0 fully saturated rings. The van der Waals surface area contributed by atoms with Crippen molar-refractivity contribution in [2.75, 3.05) is 0 Å². The predicted octanol–water partition coefficient (Wildman–Crippen LogP) is -0.202. The average Bonchev–Trinajstić information content (AvgIpc) is 2.52. The number of hydrogen-bond acceptors (Lipinski definition) is 3. The Morgan fingerprint density at radius 3 is 2.77 bits per heavy atom. The van der Waals surface area contributed by atoms with E-state index in [0.29, 0.717) is 5.56 Å². The molecular weight excluding hydrogens is 194 g/mol. The maximum Gasteiger partial charge on any atom is 0.322 e. The molecule has 0 amide bonds. The highest BCUT2D eigenvalue weighted by atomic mass is 32.2. The molecule has 1 aromatic heterocycles. The number of rotatable bonds is 1. The molecule has 0 saturated carbocycles. The van der Waals surface area contributed by atoms with E-state index < -0.39 is 21.1 Å². The van der Waals surface area contributed by atoms with Crippen LogP contribution < -0.4 is 0 Å². The maximum absolute atomic E-state index is 11.5. The summed E-state index contributed by atoms with van der Waals surface area (Å²) in [6, 6.07) is 0. The molecule has 2 heterocycles. The van der Waals surface area contributed by atoms with E-state index in [1.807, 2.05) is 0 Å². The lowest BCUT2D eigenvalue weighted by molar-refractivity contribution is -0.136. The van der Waals surface area contributed by atoms with E-state index in [0.717, 1.165) is 0 Å². The quantitative estimate of drug-likeness (QED) is 0.658. The van der Waals surface area contributed by atoms with Gasteiger partial charge in [0.15, 0.2) is 15.1 Å². The summed E-state index contributed by atoms with van der Waals surface area (Å²) in [6.45, 7) is 0. The van der Waals surface area contributed by atoms with Crippen LogP contribution in [0.25, 0.3) is 0 Å². The Bertz CT molecular complexity index is 459. The summed E-state index contributed by atoms with van der Waals surface area (Å²) in [5.74, 6) is -1.28. The van der Waals surface area contributed by atoms with E-state index >= 15 is 0 Å². The minimum absolute atomic E-state index is 0.0660. The Hall–Kier alpha value is -1.30. The van der Waals surface area contributed by atoms with Crippen molar-refractivity contribution in [3.63, 3.8) is 0 Å². The lowest BCUT2D eigenvalue weighted by atomic mass is 10.2. The highest BCUT2D eigenvalue weighted by Gasteiger charge is 2.42. The Kier molecular flexibility index (Phi) is 1.50. The van der Waals surface area contributed by atoms with Crippen molar-refractivity contribution in [1.82, 2.24) is 4.98 Å². The second kappa shape index (κ2) is 2.35. The van der Waals surface area contributed by atoms with Gasteiger partial charge in [-0.05, 0) is 5.56 Å². The van der Waals surface area contributed by atoms with Gasteiger partial charge in [0.05, 0.1) is 4.90 Å². The van der Waals surface area contributed by atoms with Crippen LogP contribution in [0.4, 0.5) is 0 Å². The van der Waals surface area contributed by atoms with Crippen molar-refractivity contribution < 1.29 is 18.3 Å². The monoisotopic (exact) mass is 201 g/mol. The molecule has 2 rings (SSSR count). The number of aromatic nitrogens is 1. The molecule has 70 valence electrons. The number of hydrogen-bond donors (Lipinski definition) is 2. The number of aliphatic carboxylic acids is 1. The second-order valence-corrected chi connectivity index (χ2v) is 5.02. The molecule has 0 aromatic carbocycles. The molecule has 0 aliphatic carbocycles. The van der Waals surface area contributed by atoms with Crippen molar-refractivity contribution in [2.24, 2.45) is 0 Å². The largest absolute Gasteiger partial charge is 0.480 e. The number of fused-ring (bicyclic) bond motifs is 1. The summed E-state index contributed by atoms with van der Waals surface area (Å²) in [6.07, 6.45) is 2.92. The average molecular weight is 201 g/mol. The van der Waals surface area contributed by atoms with Crippen molar-refractivity contribution >= 4 is 15.8 Å². The highest BCUT2D eigenvalue weighted by Crippen LogP contribution is 2.30. The van der Waals surface area contributed by atoms with Crippen molar-refractivity contribution in [1.29, 1.82) is 0 Å². The molecule has 0 saturated heterocycles. The van der Waals surface area contributed by atoms with Gasteiger partial charge in [-0.25, -0.2) is 8.42 Å². The van der Waals surface area contributed by atoms with Crippen LogP contribution in [-0.2, 0) is 21.1 Å². The second-order valence-electron chi connectivity index (χ2n) is 2.92. The zero-order valence-electron chi connectivity index (χ0n) is 6.52. The van der Waals surface area contributed by atoms with E-state index in [4.69, 9.17) is 5.11 Å². The van der Waals surface area contributed by atoms with Crippen molar-refractivity contribution in [3.05, 3.63) is 18.0 Å². The van der Waals surface area contributed by atoms with E-state index in [9.17, 15) is 13.2 Å². The predicted molar refractivity (Wildman–Crippen MR) is 43.1 cm³/mol. The molecule has 0 radical (unpaired) electrons. The van der Waals surface area contributed by atoms with Gasteiger partial charge in [0.1, 0.15) is 0 Å². The fourth-order valence-electron chi connectivity index (χ4n) is 1.49. The Labute approximate surface area is 74.3 Å². The summed E-state index contributed by atoms with van der Waals surface area (Å²) in [7, 11) is -3.63. The zero-order valence-corrected chi connectivity index (χ0v) is 7.34. The Morgan fingerprint density at radius 2 is 2.23 bits per heavy atom. The number of aromatic amines is 1. The smallest absolute Gasteiger partial charge is 0.322 e. The topological polar surface area (TPSA) is 87.2 Å². The SMILES string of the molecule is O=C(O)C1Cc2c[nH]cc2S1(=O)=O. The maximum atomic E-state index is 11.5. The molecule has 6 heteroatoms. The van der Waals surface area contributed by atoms with Crippen molar-refractivity contribution in [3.8, 4) is 0 Å². The minimum Gasteiger partial charge on any atom is -0.480 e. The van der Waals surface area contributed by atoms with Gasteiger partial charge < -0.3 is 10.1 Å². The van der Waals surface area contributed by atoms with Crippen LogP contribution in [0.5, 0.6) is 0 Å². The normalized spacial score (nSPS) is 24.2. The van der Waals surface area contributed by atoms with E-state index in [1.165, 1.54) is 12.4 Å². The number of H-pyrrole nitrogens is 1. The molecule has 5 nitrogen and oxygen atoms in total. The van der Waals surface area contributed by atoms with Crippen LogP contribution >= 0.6 is 0 Å². The summed E-state index contributed by atoms with van der Waals surface area (Å²) >= 11 is 0. The van der Waals surface area contributed by atoms with Gasteiger partial charge >= 0.3 is 5.97 Å². The third-order valence-corrected chi connectivity index (χ3v) is 4.26. The van der Waals surface area contributed by atoms with Crippen LogP contribution in [0.15, 0.2) is 17.3 Å². The van der Waals surface area contributed by atoms with Crippen LogP contribution in [0.2, 0.25) is 0 Å². The number of carboxylic acid groups (broad SMARTS) is 1. The number of sulfone groups is 1. The Morgan fingerprint density at radius 1 is 1.54 bits per heavy atom. The lowest BCUT2D eigenvalue weighted by Crippen LogP contribution is -2.27. The first-order chi connectivity index (χ1) is 6.03. The molecular formula is C7H7NO4S. The fraction of sp³-hybridized carbons (Fsp3) is 0.286. The van der Waals surface area contributed by atoms with Gasteiger partial charge in [0.25, 0.3) is 0 Å². The van der Waals surface area contributed by atoms with Crippen LogP contribution in [-0.4, -0.2) is 29.7 Å². The van der Waals surface area contributed by atoms with Crippen LogP contribution in [0.3, 0.4) is 0 Å². The standard InChI is InChI=1S/C7H7NO4S/c9-7(10)5-1-4-2-8-3-6(4)13(5,11)12/h2-3,5,8H,1H2,(H,9,10). The van der Waals surface area contributed by atoms with E-state index in [2.05, 4.69) is 4.98 Å². The van der Waals surface area contributed by atoms with Crippen LogP contribution in [0, 0.1) is 0 Å². The van der Waals surface area contributed by atoms with E-state index in [-0.39, 0.29) is 11.3 Å². The summed E-state index contributed by atoms with van der Waals surface area (Å²) in [4.78, 5) is 13.4. The van der Waals surface area contributed by atoms with Gasteiger partial charge in [-0.2, -0.15) is 0 Å². The fourth-order valence-corrected chi connectivity index (χ4v) is 3.20. The molecule has 13 heavy (non-hydrogen) atoms. The third kappa shape index (κ3) is 0.983. The summed E-state index contributed by atoms with van der Waals surface area (Å²) < 4.78 is 23.0. The molecule has 0 bridgehead atoms. The van der Waals surface area contributed by atoms with Crippen molar-refractivity contribution in [2.45, 2.75) is 16.6 Å². The van der Waals surface area contributed by atoms with Gasteiger partial charge in [0.2, 0.25) is 0 Å². The van der Waals surface area contributed by atoms with Gasteiger partial charge in [-0.3, -0.25) is 4.79 Å². The van der Waals surface area contributed by atoms with Gasteiger partial charge in [0, 0.05) is 18.8 Å². The molecule has 1 unspecified atom stereocenters. The molecule has 1 aliphatic rings.